The molecule has 4 rings (SSSR count). The Hall–Kier alpha value is -2.25. The van der Waals surface area contributed by atoms with Crippen molar-refractivity contribution in [3.63, 3.8) is 0 Å². The summed E-state index contributed by atoms with van der Waals surface area (Å²) in [6, 6.07) is 6.27. The average Bonchev–Trinajstić information content (AvgIpc) is 2.89. The van der Waals surface area contributed by atoms with Crippen molar-refractivity contribution in [3.8, 4) is 0 Å². The second kappa shape index (κ2) is 8.47. The van der Waals surface area contributed by atoms with E-state index in [4.69, 9.17) is 4.74 Å². The maximum Gasteiger partial charge on any atom is 0.253 e. The maximum atomic E-state index is 13.7. The number of amides is 1. The van der Waals surface area contributed by atoms with Crippen molar-refractivity contribution in [1.82, 2.24) is 14.7 Å². The van der Waals surface area contributed by atoms with Gasteiger partial charge in [0.1, 0.15) is 12.4 Å². The van der Waals surface area contributed by atoms with E-state index >= 15 is 0 Å². The van der Waals surface area contributed by atoms with Crippen LogP contribution in [0.2, 0.25) is 0 Å². The van der Waals surface area contributed by atoms with Gasteiger partial charge in [-0.3, -0.25) is 14.4 Å². The molecule has 2 saturated heterocycles. The Morgan fingerprint density at radius 1 is 1.23 bits per heavy atom. The molecule has 1 spiro atoms. The number of ether oxygens (including phenoxy) is 1. The van der Waals surface area contributed by atoms with E-state index in [1.165, 1.54) is 23.4 Å². The van der Waals surface area contributed by atoms with E-state index in [9.17, 15) is 9.18 Å². The van der Waals surface area contributed by atoms with Crippen LogP contribution in [0.1, 0.15) is 43.1 Å². The number of hydrogen-bond donors (Lipinski definition) is 0. The van der Waals surface area contributed by atoms with Crippen LogP contribution in [0.15, 0.2) is 24.3 Å². The monoisotopic (exact) mass is 414 g/mol. The van der Waals surface area contributed by atoms with E-state index in [1.54, 1.807) is 17.0 Å². The minimum atomic E-state index is -0.368. The molecule has 6 nitrogen and oxygen atoms in total. The summed E-state index contributed by atoms with van der Waals surface area (Å²) in [5.41, 5.74) is 3.90. The fourth-order valence-corrected chi connectivity index (χ4v) is 4.77. The van der Waals surface area contributed by atoms with Gasteiger partial charge in [0.05, 0.1) is 17.8 Å². The van der Waals surface area contributed by atoms with Gasteiger partial charge in [-0.05, 0) is 64.8 Å². The highest BCUT2D eigenvalue weighted by molar-refractivity contribution is 5.95. The third-order valence-corrected chi connectivity index (χ3v) is 6.57. The van der Waals surface area contributed by atoms with Gasteiger partial charge in [0.2, 0.25) is 0 Å². The standard InChI is InChI=1S/C23H31FN4O2/c1-4-28-18(3)21(17(2)25-28)14-26-11-6-9-23(10-12-26)16-27(22(29)15-30-23)20-8-5-7-19(24)13-20/h5,7-8,13H,4,6,9-12,14-16H2,1-3H3. The molecule has 2 fully saturated rings. The molecule has 1 aromatic heterocycles. The van der Waals surface area contributed by atoms with Gasteiger partial charge in [-0.25, -0.2) is 4.39 Å². The van der Waals surface area contributed by atoms with E-state index in [0.29, 0.717) is 12.2 Å². The van der Waals surface area contributed by atoms with Crippen LogP contribution < -0.4 is 4.90 Å². The number of halogens is 1. The second-order valence-corrected chi connectivity index (χ2v) is 8.53. The van der Waals surface area contributed by atoms with Crippen molar-refractivity contribution in [2.24, 2.45) is 0 Å². The summed E-state index contributed by atoms with van der Waals surface area (Å²) < 4.78 is 21.9. The third-order valence-electron chi connectivity index (χ3n) is 6.57. The number of hydrogen-bond acceptors (Lipinski definition) is 4. The fourth-order valence-electron chi connectivity index (χ4n) is 4.77. The van der Waals surface area contributed by atoms with Gasteiger partial charge < -0.3 is 9.64 Å². The number of carbonyl (C=O) groups is 1. The zero-order chi connectivity index (χ0) is 21.3. The van der Waals surface area contributed by atoms with E-state index < -0.39 is 0 Å². The predicted molar refractivity (Wildman–Crippen MR) is 114 cm³/mol. The van der Waals surface area contributed by atoms with Crippen molar-refractivity contribution in [2.45, 2.75) is 58.7 Å². The molecule has 162 valence electrons. The normalized spacial score (nSPS) is 23.2. The molecule has 7 heteroatoms. The molecule has 30 heavy (non-hydrogen) atoms. The minimum Gasteiger partial charge on any atom is -0.363 e. The summed E-state index contributed by atoms with van der Waals surface area (Å²) in [5.74, 6) is -0.434. The van der Waals surface area contributed by atoms with Gasteiger partial charge in [-0.1, -0.05) is 6.07 Å². The van der Waals surface area contributed by atoms with Crippen LogP contribution >= 0.6 is 0 Å². The van der Waals surface area contributed by atoms with Crippen molar-refractivity contribution < 1.29 is 13.9 Å². The number of likely N-dealkylation sites (tertiary alicyclic amines) is 1. The number of aryl methyl sites for hydroxylation is 2. The molecule has 2 aliphatic heterocycles. The summed E-state index contributed by atoms with van der Waals surface area (Å²) in [7, 11) is 0. The maximum absolute atomic E-state index is 13.7. The number of rotatable bonds is 4. The summed E-state index contributed by atoms with van der Waals surface area (Å²) in [4.78, 5) is 16.7. The van der Waals surface area contributed by atoms with Crippen molar-refractivity contribution in [3.05, 3.63) is 47.0 Å². The quantitative estimate of drug-likeness (QED) is 0.769. The lowest BCUT2D eigenvalue weighted by molar-refractivity contribution is -0.140. The summed E-state index contributed by atoms with van der Waals surface area (Å²) in [5, 5.41) is 4.65. The zero-order valence-corrected chi connectivity index (χ0v) is 18.2. The van der Waals surface area contributed by atoms with Crippen LogP contribution in [0.4, 0.5) is 10.1 Å². The fraction of sp³-hybridized carbons (Fsp3) is 0.565. The van der Waals surface area contributed by atoms with E-state index in [2.05, 4.69) is 35.5 Å². The first kappa shape index (κ1) is 21.0. The van der Waals surface area contributed by atoms with E-state index in [1.807, 2.05) is 0 Å². The first-order valence-electron chi connectivity index (χ1n) is 10.9. The van der Waals surface area contributed by atoms with E-state index in [0.717, 1.165) is 51.1 Å². The van der Waals surface area contributed by atoms with Crippen LogP contribution in [0.3, 0.4) is 0 Å². The molecule has 3 heterocycles. The van der Waals surface area contributed by atoms with Crippen molar-refractivity contribution in [1.29, 1.82) is 0 Å². The summed E-state index contributed by atoms with van der Waals surface area (Å²) in [6.45, 7) is 10.5. The Bertz CT molecular complexity index is 928. The molecule has 1 atom stereocenters. The predicted octanol–water partition coefficient (Wildman–Crippen LogP) is 3.45. The second-order valence-electron chi connectivity index (χ2n) is 8.53. The Balaban J connectivity index is 1.47. The van der Waals surface area contributed by atoms with Crippen LogP contribution in [0, 0.1) is 19.7 Å². The Kier molecular flexibility index (Phi) is 5.93. The zero-order valence-electron chi connectivity index (χ0n) is 18.2. The molecule has 0 saturated carbocycles. The summed E-state index contributed by atoms with van der Waals surface area (Å²) >= 11 is 0. The highest BCUT2D eigenvalue weighted by Gasteiger charge is 2.41. The Morgan fingerprint density at radius 3 is 2.80 bits per heavy atom. The molecule has 0 bridgehead atoms. The van der Waals surface area contributed by atoms with Gasteiger partial charge in [0.15, 0.2) is 0 Å². The first-order valence-corrected chi connectivity index (χ1v) is 10.9. The number of nitrogens with zero attached hydrogens (tertiary/aromatic N) is 4. The van der Waals surface area contributed by atoms with Crippen LogP contribution in [-0.4, -0.2) is 52.4 Å². The SMILES string of the molecule is CCn1nc(C)c(CN2CCCC3(CC2)CN(c2cccc(F)c2)C(=O)CO3)c1C. The van der Waals surface area contributed by atoms with Crippen LogP contribution in [0.5, 0.6) is 0 Å². The molecule has 2 aromatic rings. The number of aromatic nitrogens is 2. The lowest BCUT2D eigenvalue weighted by atomic mass is 9.92. The number of morpholine rings is 1. The number of benzene rings is 1. The van der Waals surface area contributed by atoms with Gasteiger partial charge in [0, 0.05) is 36.6 Å². The average molecular weight is 415 g/mol. The van der Waals surface area contributed by atoms with Crippen LogP contribution in [0.25, 0.3) is 0 Å². The molecule has 0 aliphatic carbocycles. The van der Waals surface area contributed by atoms with Gasteiger partial charge >= 0.3 is 0 Å². The van der Waals surface area contributed by atoms with E-state index in [-0.39, 0.29) is 23.9 Å². The largest absolute Gasteiger partial charge is 0.363 e. The molecule has 1 amide bonds. The lowest BCUT2D eigenvalue weighted by Crippen LogP contribution is -2.55. The molecule has 1 aromatic carbocycles. The lowest BCUT2D eigenvalue weighted by Gasteiger charge is -2.42. The van der Waals surface area contributed by atoms with Gasteiger partial charge in [-0.2, -0.15) is 5.10 Å². The molecule has 2 aliphatic rings. The molecular weight excluding hydrogens is 383 g/mol. The number of anilines is 1. The Labute approximate surface area is 177 Å². The number of carbonyl (C=O) groups excluding carboxylic acids is 1. The van der Waals surface area contributed by atoms with Gasteiger partial charge in [0.25, 0.3) is 5.91 Å². The molecular formula is C23H31FN4O2. The summed E-state index contributed by atoms with van der Waals surface area (Å²) in [6.07, 6.45) is 2.76. The molecule has 0 radical (unpaired) electrons. The topological polar surface area (TPSA) is 50.6 Å². The van der Waals surface area contributed by atoms with Gasteiger partial charge in [-0.15, -0.1) is 0 Å². The first-order chi connectivity index (χ1) is 14.4. The van der Waals surface area contributed by atoms with Crippen LogP contribution in [-0.2, 0) is 22.6 Å². The highest BCUT2D eigenvalue weighted by atomic mass is 19.1. The van der Waals surface area contributed by atoms with Crippen molar-refractivity contribution in [2.75, 3.05) is 31.1 Å². The highest BCUT2D eigenvalue weighted by Crippen LogP contribution is 2.33. The minimum absolute atomic E-state index is 0.0536. The smallest absolute Gasteiger partial charge is 0.253 e. The molecule has 0 N–H and O–H groups in total. The third kappa shape index (κ3) is 4.14. The molecule has 1 unspecified atom stereocenters. The Morgan fingerprint density at radius 2 is 2.07 bits per heavy atom. The van der Waals surface area contributed by atoms with Crippen molar-refractivity contribution >= 4 is 11.6 Å².